The van der Waals surface area contributed by atoms with E-state index < -0.39 is 0 Å². The quantitative estimate of drug-likeness (QED) is 0.862. The molecule has 0 bridgehead atoms. The van der Waals surface area contributed by atoms with Crippen molar-refractivity contribution in [2.45, 2.75) is 20.0 Å². The van der Waals surface area contributed by atoms with E-state index in [1.54, 1.807) is 0 Å². The van der Waals surface area contributed by atoms with Crippen molar-refractivity contribution in [2.24, 2.45) is 0 Å². The molecule has 1 aromatic heterocycles. The molecule has 1 aliphatic rings. The van der Waals surface area contributed by atoms with Crippen molar-refractivity contribution in [1.29, 1.82) is 0 Å². The van der Waals surface area contributed by atoms with Crippen LogP contribution in [0.25, 0.3) is 0 Å². The van der Waals surface area contributed by atoms with E-state index in [2.05, 4.69) is 39.9 Å². The first kappa shape index (κ1) is 15.5. The summed E-state index contributed by atoms with van der Waals surface area (Å²) in [6.45, 7) is 8.63. The topological polar surface area (TPSA) is 19.4 Å². The van der Waals surface area contributed by atoms with Gasteiger partial charge in [-0.25, -0.2) is 0 Å². The van der Waals surface area contributed by atoms with Gasteiger partial charge in [0.25, 0.3) is 0 Å². The summed E-state index contributed by atoms with van der Waals surface area (Å²) in [5.74, 6) is 0. The minimum Gasteiger partial charge on any atom is -0.297 e. The third-order valence-corrected chi connectivity index (χ3v) is 4.58. The highest BCUT2D eigenvalue weighted by atomic mass is 35.5. The molecule has 1 aromatic carbocycles. The highest BCUT2D eigenvalue weighted by molar-refractivity contribution is 6.30. The molecule has 0 spiro atoms. The predicted molar refractivity (Wildman–Crippen MR) is 91.0 cm³/mol. The number of aryl methyl sites for hydroxylation is 1. The Labute approximate surface area is 137 Å². The van der Waals surface area contributed by atoms with Gasteiger partial charge >= 0.3 is 0 Å². The Morgan fingerprint density at radius 1 is 0.955 bits per heavy atom. The van der Waals surface area contributed by atoms with Crippen molar-refractivity contribution in [3.63, 3.8) is 0 Å². The second-order valence-corrected chi connectivity index (χ2v) is 6.42. The highest BCUT2D eigenvalue weighted by Gasteiger charge is 2.17. The minimum atomic E-state index is 0.806. The SMILES string of the molecule is Cc1ccncc1CN1CCN(Cc2ccc(Cl)cc2)CC1. The molecule has 1 saturated heterocycles. The molecule has 1 aliphatic heterocycles. The van der Waals surface area contributed by atoms with E-state index >= 15 is 0 Å². The Morgan fingerprint density at radius 2 is 1.59 bits per heavy atom. The van der Waals surface area contributed by atoms with Gasteiger partial charge in [-0.2, -0.15) is 0 Å². The molecule has 0 aliphatic carbocycles. The molecule has 4 heteroatoms. The van der Waals surface area contributed by atoms with E-state index in [0.717, 1.165) is 44.3 Å². The summed E-state index contributed by atoms with van der Waals surface area (Å²) in [4.78, 5) is 9.27. The normalized spacial score (nSPS) is 16.8. The van der Waals surface area contributed by atoms with Gasteiger partial charge < -0.3 is 0 Å². The van der Waals surface area contributed by atoms with Gasteiger partial charge in [0, 0.05) is 56.7 Å². The zero-order valence-corrected chi connectivity index (χ0v) is 13.8. The van der Waals surface area contributed by atoms with Crippen LogP contribution in [-0.2, 0) is 13.1 Å². The Bertz CT molecular complexity index is 604. The zero-order chi connectivity index (χ0) is 15.4. The first-order chi connectivity index (χ1) is 10.7. The van der Waals surface area contributed by atoms with Crippen LogP contribution in [-0.4, -0.2) is 41.0 Å². The van der Waals surface area contributed by atoms with Gasteiger partial charge in [0.15, 0.2) is 0 Å². The first-order valence-electron chi connectivity index (χ1n) is 7.79. The van der Waals surface area contributed by atoms with Crippen LogP contribution in [0.2, 0.25) is 5.02 Å². The standard InChI is InChI=1S/C18H22ClN3/c1-15-6-7-20-12-17(15)14-22-10-8-21(9-11-22)13-16-2-4-18(19)5-3-16/h2-7,12H,8-11,13-14H2,1H3. The average molecular weight is 316 g/mol. The van der Waals surface area contributed by atoms with E-state index in [4.69, 9.17) is 11.6 Å². The van der Waals surface area contributed by atoms with Gasteiger partial charge in [0.2, 0.25) is 0 Å². The molecule has 0 saturated carbocycles. The molecule has 116 valence electrons. The molecular formula is C18H22ClN3. The molecule has 2 aromatic rings. The second kappa shape index (κ2) is 7.23. The maximum Gasteiger partial charge on any atom is 0.0406 e. The second-order valence-electron chi connectivity index (χ2n) is 5.98. The maximum atomic E-state index is 5.94. The third-order valence-electron chi connectivity index (χ3n) is 4.33. The van der Waals surface area contributed by atoms with E-state index in [9.17, 15) is 0 Å². The van der Waals surface area contributed by atoms with Crippen molar-refractivity contribution in [1.82, 2.24) is 14.8 Å². The van der Waals surface area contributed by atoms with Gasteiger partial charge in [0.05, 0.1) is 0 Å². The third kappa shape index (κ3) is 4.07. The predicted octanol–water partition coefficient (Wildman–Crippen LogP) is 3.36. The molecule has 22 heavy (non-hydrogen) atoms. The van der Waals surface area contributed by atoms with Crippen LogP contribution >= 0.6 is 11.6 Å². The molecule has 3 nitrogen and oxygen atoms in total. The zero-order valence-electron chi connectivity index (χ0n) is 13.0. The summed E-state index contributed by atoms with van der Waals surface area (Å²) >= 11 is 5.94. The fourth-order valence-corrected chi connectivity index (χ4v) is 2.98. The number of rotatable bonds is 4. The van der Waals surface area contributed by atoms with Crippen LogP contribution in [0.15, 0.2) is 42.7 Å². The number of hydrogen-bond acceptors (Lipinski definition) is 3. The molecule has 0 atom stereocenters. The van der Waals surface area contributed by atoms with E-state index in [-0.39, 0.29) is 0 Å². The Morgan fingerprint density at radius 3 is 2.23 bits per heavy atom. The number of piperazine rings is 1. The lowest BCUT2D eigenvalue weighted by molar-refractivity contribution is 0.122. The van der Waals surface area contributed by atoms with Gasteiger partial charge in [0.1, 0.15) is 0 Å². The Hall–Kier alpha value is -1.42. The van der Waals surface area contributed by atoms with Crippen LogP contribution in [0.5, 0.6) is 0 Å². The van der Waals surface area contributed by atoms with E-state index in [0.29, 0.717) is 0 Å². The summed E-state index contributed by atoms with van der Waals surface area (Å²) in [6.07, 6.45) is 3.86. The summed E-state index contributed by atoms with van der Waals surface area (Å²) in [7, 11) is 0. The van der Waals surface area contributed by atoms with Gasteiger partial charge in [-0.3, -0.25) is 14.8 Å². The lowest BCUT2D eigenvalue weighted by Gasteiger charge is -2.35. The monoisotopic (exact) mass is 315 g/mol. The lowest BCUT2D eigenvalue weighted by atomic mass is 10.1. The molecule has 0 unspecified atom stereocenters. The smallest absolute Gasteiger partial charge is 0.0406 e. The minimum absolute atomic E-state index is 0.806. The van der Waals surface area contributed by atoms with Crippen molar-refractivity contribution in [3.05, 3.63) is 64.4 Å². The van der Waals surface area contributed by atoms with E-state index in [1.807, 2.05) is 24.5 Å². The van der Waals surface area contributed by atoms with Gasteiger partial charge in [-0.1, -0.05) is 23.7 Å². The maximum absolute atomic E-state index is 5.94. The molecular weight excluding hydrogens is 294 g/mol. The largest absolute Gasteiger partial charge is 0.297 e. The molecule has 3 rings (SSSR count). The number of hydrogen-bond donors (Lipinski definition) is 0. The Balaban J connectivity index is 1.50. The van der Waals surface area contributed by atoms with Crippen molar-refractivity contribution in [2.75, 3.05) is 26.2 Å². The fourth-order valence-electron chi connectivity index (χ4n) is 2.86. The molecule has 0 radical (unpaired) electrons. The highest BCUT2D eigenvalue weighted by Crippen LogP contribution is 2.15. The van der Waals surface area contributed by atoms with Crippen LogP contribution < -0.4 is 0 Å². The lowest BCUT2D eigenvalue weighted by Crippen LogP contribution is -2.45. The van der Waals surface area contributed by atoms with Gasteiger partial charge in [-0.05, 0) is 41.8 Å². The number of nitrogens with zero attached hydrogens (tertiary/aromatic N) is 3. The van der Waals surface area contributed by atoms with E-state index in [1.165, 1.54) is 16.7 Å². The summed E-state index contributed by atoms with van der Waals surface area (Å²) in [5.41, 5.74) is 4.01. The summed E-state index contributed by atoms with van der Waals surface area (Å²) in [5, 5.41) is 0.806. The first-order valence-corrected chi connectivity index (χ1v) is 8.17. The van der Waals surface area contributed by atoms with Gasteiger partial charge in [-0.15, -0.1) is 0 Å². The molecule has 0 N–H and O–H groups in total. The van der Waals surface area contributed by atoms with Crippen LogP contribution in [0.1, 0.15) is 16.7 Å². The van der Waals surface area contributed by atoms with Crippen LogP contribution in [0.4, 0.5) is 0 Å². The average Bonchev–Trinajstić information content (AvgIpc) is 2.54. The Kier molecular flexibility index (Phi) is 5.08. The number of benzene rings is 1. The van der Waals surface area contributed by atoms with Crippen molar-refractivity contribution >= 4 is 11.6 Å². The summed E-state index contributed by atoms with van der Waals surface area (Å²) in [6, 6.07) is 10.3. The molecule has 1 fully saturated rings. The summed E-state index contributed by atoms with van der Waals surface area (Å²) < 4.78 is 0. The molecule has 2 heterocycles. The fraction of sp³-hybridized carbons (Fsp3) is 0.389. The number of pyridine rings is 1. The molecule has 0 amide bonds. The van der Waals surface area contributed by atoms with Crippen LogP contribution in [0.3, 0.4) is 0 Å². The van der Waals surface area contributed by atoms with Crippen LogP contribution in [0, 0.1) is 6.92 Å². The number of aromatic nitrogens is 1. The van der Waals surface area contributed by atoms with Crippen molar-refractivity contribution in [3.8, 4) is 0 Å². The van der Waals surface area contributed by atoms with Crippen molar-refractivity contribution < 1.29 is 0 Å². The number of halogens is 1.